The summed E-state index contributed by atoms with van der Waals surface area (Å²) in [5.41, 5.74) is 0. The Morgan fingerprint density at radius 3 is 2.35 bits per heavy atom. The zero-order chi connectivity index (χ0) is 15.2. The van der Waals surface area contributed by atoms with Gasteiger partial charge in [-0.15, -0.1) is 0 Å². The van der Waals surface area contributed by atoms with Crippen molar-refractivity contribution in [3.8, 4) is 0 Å². The molecule has 116 valence electrons. The van der Waals surface area contributed by atoms with E-state index in [9.17, 15) is 18.0 Å². The molecule has 3 N–H and O–H groups in total. The van der Waals surface area contributed by atoms with Crippen molar-refractivity contribution in [3.63, 3.8) is 0 Å². The van der Waals surface area contributed by atoms with Crippen molar-refractivity contribution in [1.82, 2.24) is 14.3 Å². The van der Waals surface area contributed by atoms with Gasteiger partial charge >= 0.3 is 5.97 Å². The van der Waals surface area contributed by atoms with Crippen LogP contribution in [-0.4, -0.2) is 55.9 Å². The fourth-order valence-corrected chi connectivity index (χ4v) is 3.26. The van der Waals surface area contributed by atoms with Gasteiger partial charge in [0.25, 0.3) is 10.2 Å². The van der Waals surface area contributed by atoms with Crippen LogP contribution in [-0.2, 0) is 19.8 Å². The fraction of sp³-hybridized carbons (Fsp3) is 0.818. The summed E-state index contributed by atoms with van der Waals surface area (Å²) < 4.78 is 27.4. The van der Waals surface area contributed by atoms with Crippen molar-refractivity contribution in [2.75, 3.05) is 20.1 Å². The number of carbonyl (C=O) groups excluding carboxylic acids is 1. The van der Waals surface area contributed by atoms with Crippen molar-refractivity contribution < 1.29 is 23.1 Å². The summed E-state index contributed by atoms with van der Waals surface area (Å²) in [7, 11) is -2.22. The summed E-state index contributed by atoms with van der Waals surface area (Å²) >= 11 is 0. The van der Waals surface area contributed by atoms with Gasteiger partial charge in [-0.2, -0.15) is 17.4 Å². The van der Waals surface area contributed by atoms with E-state index in [4.69, 9.17) is 5.11 Å². The first-order chi connectivity index (χ1) is 9.33. The maximum Gasteiger partial charge on any atom is 0.322 e. The lowest BCUT2D eigenvalue weighted by molar-refractivity contribution is -0.137. The van der Waals surface area contributed by atoms with Crippen LogP contribution in [0, 0.1) is 0 Å². The fourth-order valence-electron chi connectivity index (χ4n) is 2.14. The predicted molar refractivity (Wildman–Crippen MR) is 72.2 cm³/mol. The molecule has 1 amide bonds. The highest BCUT2D eigenvalue weighted by Gasteiger charge is 2.27. The van der Waals surface area contributed by atoms with Crippen molar-refractivity contribution >= 4 is 22.1 Å². The van der Waals surface area contributed by atoms with Crippen LogP contribution in [0.5, 0.6) is 0 Å². The molecule has 0 saturated heterocycles. The molecule has 0 spiro atoms. The normalized spacial score (nSPS) is 17.1. The maximum atomic E-state index is 12.0. The standard InChI is InChI=1S/C11H21N3O5S/c1-14(9-5-3-2-4-6-9)20(18,19)13-7-10(15)12-8-11(16)17/h9,13H,2-8H2,1H3,(H,12,15)(H,16,17). The van der Waals surface area contributed by atoms with Crippen molar-refractivity contribution in [2.45, 2.75) is 38.1 Å². The average Bonchev–Trinajstić information content (AvgIpc) is 2.43. The van der Waals surface area contributed by atoms with E-state index in [0.717, 1.165) is 32.1 Å². The van der Waals surface area contributed by atoms with Crippen LogP contribution in [0.15, 0.2) is 0 Å². The number of hydrogen-bond donors (Lipinski definition) is 3. The average molecular weight is 307 g/mol. The lowest BCUT2D eigenvalue weighted by atomic mass is 9.96. The van der Waals surface area contributed by atoms with Crippen LogP contribution in [0.2, 0.25) is 0 Å². The van der Waals surface area contributed by atoms with E-state index in [-0.39, 0.29) is 6.04 Å². The van der Waals surface area contributed by atoms with E-state index < -0.39 is 35.2 Å². The molecule has 20 heavy (non-hydrogen) atoms. The quantitative estimate of drug-likeness (QED) is 0.574. The second-order valence-corrected chi connectivity index (χ2v) is 6.62. The van der Waals surface area contributed by atoms with Gasteiger partial charge < -0.3 is 10.4 Å². The van der Waals surface area contributed by atoms with Gasteiger partial charge in [0.1, 0.15) is 6.54 Å². The van der Waals surface area contributed by atoms with Gasteiger partial charge in [-0.3, -0.25) is 9.59 Å². The molecule has 0 atom stereocenters. The van der Waals surface area contributed by atoms with Gasteiger partial charge in [0.15, 0.2) is 0 Å². The van der Waals surface area contributed by atoms with Gasteiger partial charge in [0.2, 0.25) is 5.91 Å². The van der Waals surface area contributed by atoms with Crippen molar-refractivity contribution in [1.29, 1.82) is 0 Å². The highest BCUT2D eigenvalue weighted by atomic mass is 32.2. The molecule has 0 unspecified atom stereocenters. The summed E-state index contributed by atoms with van der Waals surface area (Å²) in [5, 5.41) is 10.5. The molecular formula is C11H21N3O5S. The summed E-state index contributed by atoms with van der Waals surface area (Å²) in [6.07, 6.45) is 4.77. The van der Waals surface area contributed by atoms with Crippen LogP contribution >= 0.6 is 0 Å². The molecule has 0 bridgehead atoms. The summed E-state index contributed by atoms with van der Waals surface area (Å²) in [6.45, 7) is -0.994. The highest BCUT2D eigenvalue weighted by Crippen LogP contribution is 2.22. The Balaban J connectivity index is 2.43. The van der Waals surface area contributed by atoms with Crippen LogP contribution in [0.25, 0.3) is 0 Å². The highest BCUT2D eigenvalue weighted by molar-refractivity contribution is 7.87. The Hall–Kier alpha value is -1.19. The Kier molecular flexibility index (Phi) is 6.37. The molecule has 9 heteroatoms. The summed E-state index contributed by atoms with van der Waals surface area (Å²) in [4.78, 5) is 21.5. The van der Waals surface area contributed by atoms with Crippen LogP contribution in [0.3, 0.4) is 0 Å². The maximum absolute atomic E-state index is 12.0. The zero-order valence-corrected chi connectivity index (χ0v) is 12.3. The number of aliphatic carboxylic acids is 1. The minimum atomic E-state index is -3.72. The van der Waals surface area contributed by atoms with E-state index in [2.05, 4.69) is 10.0 Å². The number of nitrogens with one attached hydrogen (secondary N) is 2. The third-order valence-electron chi connectivity index (χ3n) is 3.32. The number of hydrogen-bond acceptors (Lipinski definition) is 4. The molecule has 1 fully saturated rings. The minimum absolute atomic E-state index is 0.0386. The zero-order valence-electron chi connectivity index (χ0n) is 11.5. The molecule has 0 aliphatic heterocycles. The number of carbonyl (C=O) groups is 2. The summed E-state index contributed by atoms with van der Waals surface area (Å²) in [5.74, 6) is -1.85. The van der Waals surface area contributed by atoms with E-state index in [0.29, 0.717) is 0 Å². The number of amides is 1. The van der Waals surface area contributed by atoms with Gasteiger partial charge in [0, 0.05) is 13.1 Å². The second kappa shape index (κ2) is 7.55. The van der Waals surface area contributed by atoms with E-state index in [1.807, 2.05) is 0 Å². The molecular weight excluding hydrogens is 286 g/mol. The van der Waals surface area contributed by atoms with E-state index in [1.54, 1.807) is 0 Å². The van der Waals surface area contributed by atoms with Gasteiger partial charge in [-0.25, -0.2) is 0 Å². The first-order valence-electron chi connectivity index (χ1n) is 6.54. The molecule has 0 aromatic rings. The molecule has 0 heterocycles. The molecule has 0 aromatic carbocycles. The van der Waals surface area contributed by atoms with Gasteiger partial charge in [-0.05, 0) is 12.8 Å². The Morgan fingerprint density at radius 2 is 1.80 bits per heavy atom. The molecule has 1 aliphatic carbocycles. The number of rotatable bonds is 7. The molecule has 1 saturated carbocycles. The number of nitrogens with zero attached hydrogens (tertiary/aromatic N) is 1. The minimum Gasteiger partial charge on any atom is -0.480 e. The molecule has 0 radical (unpaired) electrons. The van der Waals surface area contributed by atoms with E-state index in [1.165, 1.54) is 11.4 Å². The largest absolute Gasteiger partial charge is 0.480 e. The monoisotopic (exact) mass is 307 g/mol. The molecule has 1 rings (SSSR count). The number of carboxylic acids is 1. The third-order valence-corrected chi connectivity index (χ3v) is 4.89. The number of carboxylic acid groups (broad SMARTS) is 1. The van der Waals surface area contributed by atoms with Crippen molar-refractivity contribution in [2.24, 2.45) is 0 Å². The smallest absolute Gasteiger partial charge is 0.322 e. The second-order valence-electron chi connectivity index (χ2n) is 4.80. The Labute approximate surface area is 118 Å². The summed E-state index contributed by atoms with van der Waals surface area (Å²) in [6, 6.07) is -0.0386. The van der Waals surface area contributed by atoms with Crippen LogP contribution < -0.4 is 10.0 Å². The van der Waals surface area contributed by atoms with Gasteiger partial charge in [-0.1, -0.05) is 19.3 Å². The SMILES string of the molecule is CN(C1CCCCC1)S(=O)(=O)NCC(=O)NCC(=O)O. The molecule has 0 aromatic heterocycles. The van der Waals surface area contributed by atoms with Crippen LogP contribution in [0.1, 0.15) is 32.1 Å². The predicted octanol–water partition coefficient (Wildman–Crippen LogP) is -0.714. The van der Waals surface area contributed by atoms with E-state index >= 15 is 0 Å². The first kappa shape index (κ1) is 16.9. The van der Waals surface area contributed by atoms with Gasteiger partial charge in [0.05, 0.1) is 6.54 Å². The topological polar surface area (TPSA) is 116 Å². The van der Waals surface area contributed by atoms with Crippen LogP contribution in [0.4, 0.5) is 0 Å². The third kappa shape index (κ3) is 5.43. The Bertz CT molecular complexity index is 445. The lowest BCUT2D eigenvalue weighted by Crippen LogP contribution is -2.48. The first-order valence-corrected chi connectivity index (χ1v) is 7.98. The lowest BCUT2D eigenvalue weighted by Gasteiger charge is -2.30. The van der Waals surface area contributed by atoms with Crippen molar-refractivity contribution in [3.05, 3.63) is 0 Å². The molecule has 8 nitrogen and oxygen atoms in total. The molecule has 1 aliphatic rings. The Morgan fingerprint density at radius 1 is 1.20 bits per heavy atom.